The Morgan fingerprint density at radius 3 is 2.96 bits per heavy atom. The molecular formula is C18H19FN6S. The van der Waals surface area contributed by atoms with Gasteiger partial charge in [0.2, 0.25) is 0 Å². The maximum atomic E-state index is 14.2. The molecule has 2 atom stereocenters. The van der Waals surface area contributed by atoms with Crippen LogP contribution in [-0.2, 0) is 7.05 Å². The van der Waals surface area contributed by atoms with Crippen molar-refractivity contribution in [1.29, 1.82) is 0 Å². The Morgan fingerprint density at radius 2 is 2.15 bits per heavy atom. The van der Waals surface area contributed by atoms with Crippen molar-refractivity contribution in [2.45, 2.75) is 25.6 Å². The zero-order chi connectivity index (χ0) is 17.8. The summed E-state index contributed by atoms with van der Waals surface area (Å²) in [5.74, 6) is 0. The average Bonchev–Trinajstić information content (AvgIpc) is 3.27. The fourth-order valence-corrected chi connectivity index (χ4v) is 4.59. The van der Waals surface area contributed by atoms with Crippen LogP contribution in [0.15, 0.2) is 24.5 Å². The Kier molecular flexibility index (Phi) is 3.58. The number of fused-ring (bicyclic) bond motifs is 2. The molecule has 8 heteroatoms. The van der Waals surface area contributed by atoms with Gasteiger partial charge in [0.15, 0.2) is 4.83 Å². The first-order chi connectivity index (χ1) is 12.6. The van der Waals surface area contributed by atoms with E-state index in [0.29, 0.717) is 6.54 Å². The number of nitrogens with zero attached hydrogens (tertiary/aromatic N) is 5. The van der Waals surface area contributed by atoms with Crippen LogP contribution in [0.1, 0.15) is 18.0 Å². The molecule has 3 aromatic heterocycles. The lowest BCUT2D eigenvalue weighted by atomic mass is 10.1. The van der Waals surface area contributed by atoms with E-state index in [1.165, 1.54) is 0 Å². The first-order valence-corrected chi connectivity index (χ1v) is 9.55. The predicted octanol–water partition coefficient (Wildman–Crippen LogP) is 3.23. The van der Waals surface area contributed by atoms with Crippen molar-refractivity contribution in [3.05, 3.63) is 30.1 Å². The van der Waals surface area contributed by atoms with Gasteiger partial charge in [-0.1, -0.05) is 11.3 Å². The summed E-state index contributed by atoms with van der Waals surface area (Å²) in [6.45, 7) is 3.28. The van der Waals surface area contributed by atoms with E-state index in [1.807, 2.05) is 24.1 Å². The largest absolute Gasteiger partial charge is 0.314 e. The van der Waals surface area contributed by atoms with Crippen LogP contribution < -0.4 is 5.32 Å². The molecule has 1 aliphatic rings. The van der Waals surface area contributed by atoms with E-state index in [-0.39, 0.29) is 6.04 Å². The number of aryl methyl sites for hydroxylation is 2. The van der Waals surface area contributed by atoms with Gasteiger partial charge in [-0.25, -0.2) is 9.37 Å². The predicted molar refractivity (Wildman–Crippen MR) is 101 cm³/mol. The third-order valence-electron chi connectivity index (χ3n) is 4.97. The standard InChI is InChI=1S/C18H19FN6S/c1-10-5-11(6-12-8-24(2)22-16(10)12)17-21-14-9-25(23-18(14)26-17)15-3-4-20-7-13(15)19/h5-6,8-9,13,15,20H,3-4,7H2,1-2H3/t13-,15-/m0/s1. The second kappa shape index (κ2) is 5.85. The molecule has 1 N–H and O–H groups in total. The molecule has 134 valence electrons. The molecule has 5 rings (SSSR count). The number of nitrogens with one attached hydrogen (secondary N) is 1. The van der Waals surface area contributed by atoms with E-state index in [4.69, 9.17) is 4.98 Å². The van der Waals surface area contributed by atoms with Gasteiger partial charge in [-0.15, -0.1) is 0 Å². The summed E-state index contributed by atoms with van der Waals surface area (Å²) in [6, 6.07) is 4.03. The first kappa shape index (κ1) is 15.9. The van der Waals surface area contributed by atoms with Crippen LogP contribution in [0.4, 0.5) is 4.39 Å². The normalized spacial score (nSPS) is 21.0. The summed E-state index contributed by atoms with van der Waals surface area (Å²) in [6.07, 6.45) is 3.74. The van der Waals surface area contributed by atoms with Crippen molar-refractivity contribution in [2.75, 3.05) is 13.1 Å². The van der Waals surface area contributed by atoms with Gasteiger partial charge in [0.05, 0.1) is 17.8 Å². The molecule has 6 nitrogen and oxygen atoms in total. The minimum atomic E-state index is -0.909. The summed E-state index contributed by atoms with van der Waals surface area (Å²) in [7, 11) is 1.93. The number of aromatic nitrogens is 5. The Labute approximate surface area is 153 Å². The molecule has 0 bridgehead atoms. The fraction of sp³-hybridized carbons (Fsp3) is 0.389. The molecule has 4 aromatic rings. The molecule has 1 saturated heterocycles. The summed E-state index contributed by atoms with van der Waals surface area (Å²) in [4.78, 5) is 5.60. The van der Waals surface area contributed by atoms with Gasteiger partial charge >= 0.3 is 0 Å². The van der Waals surface area contributed by atoms with Crippen LogP contribution in [-0.4, -0.2) is 43.8 Å². The fourth-order valence-electron chi connectivity index (χ4n) is 3.69. The molecule has 26 heavy (non-hydrogen) atoms. The van der Waals surface area contributed by atoms with Crippen LogP contribution in [0.5, 0.6) is 0 Å². The van der Waals surface area contributed by atoms with Crippen molar-refractivity contribution >= 4 is 32.6 Å². The minimum absolute atomic E-state index is 0.199. The summed E-state index contributed by atoms with van der Waals surface area (Å²) < 4.78 is 17.8. The van der Waals surface area contributed by atoms with Gasteiger partial charge in [0, 0.05) is 30.7 Å². The van der Waals surface area contributed by atoms with Crippen molar-refractivity contribution in [2.24, 2.45) is 7.05 Å². The van der Waals surface area contributed by atoms with Gasteiger partial charge in [-0.05, 0) is 37.6 Å². The lowest BCUT2D eigenvalue weighted by molar-refractivity contribution is 0.174. The molecule has 0 saturated carbocycles. The zero-order valence-electron chi connectivity index (χ0n) is 14.6. The number of alkyl halides is 1. The Morgan fingerprint density at radius 1 is 1.27 bits per heavy atom. The minimum Gasteiger partial charge on any atom is -0.314 e. The van der Waals surface area contributed by atoms with Crippen LogP contribution in [0, 0.1) is 6.92 Å². The van der Waals surface area contributed by atoms with E-state index in [0.717, 1.165) is 50.4 Å². The highest BCUT2D eigenvalue weighted by Crippen LogP contribution is 2.33. The quantitative estimate of drug-likeness (QED) is 0.589. The summed E-state index contributed by atoms with van der Waals surface area (Å²) in [5.41, 5.74) is 4.05. The average molecular weight is 370 g/mol. The number of hydrogen-bond donors (Lipinski definition) is 1. The van der Waals surface area contributed by atoms with E-state index in [1.54, 1.807) is 16.0 Å². The number of piperidine rings is 1. The Balaban J connectivity index is 1.53. The lowest BCUT2D eigenvalue weighted by Gasteiger charge is -2.26. The van der Waals surface area contributed by atoms with Crippen molar-refractivity contribution < 1.29 is 4.39 Å². The van der Waals surface area contributed by atoms with Crippen molar-refractivity contribution in [1.82, 2.24) is 29.9 Å². The Hall–Kier alpha value is -2.32. The van der Waals surface area contributed by atoms with Gasteiger partial charge in [-0.3, -0.25) is 9.36 Å². The molecule has 1 aromatic carbocycles. The smallest absolute Gasteiger partial charge is 0.166 e. The number of thiazole rings is 1. The zero-order valence-corrected chi connectivity index (χ0v) is 15.4. The summed E-state index contributed by atoms with van der Waals surface area (Å²) in [5, 5.41) is 14.2. The van der Waals surface area contributed by atoms with E-state index < -0.39 is 6.17 Å². The van der Waals surface area contributed by atoms with Crippen molar-refractivity contribution in [3.8, 4) is 10.6 Å². The van der Waals surface area contributed by atoms with Gasteiger partial charge in [0.25, 0.3) is 0 Å². The third-order valence-corrected chi connectivity index (χ3v) is 5.97. The number of benzene rings is 1. The van der Waals surface area contributed by atoms with Gasteiger partial charge in [-0.2, -0.15) is 10.2 Å². The van der Waals surface area contributed by atoms with Crippen LogP contribution in [0.2, 0.25) is 0 Å². The maximum Gasteiger partial charge on any atom is 0.166 e. The second-order valence-corrected chi connectivity index (χ2v) is 7.91. The molecule has 0 spiro atoms. The maximum absolute atomic E-state index is 14.2. The van der Waals surface area contributed by atoms with Crippen LogP contribution >= 0.6 is 11.3 Å². The SMILES string of the molecule is Cc1cc(-c2nc3cn([C@H]4CCNC[C@@H]4F)nc3s2)cc2cn(C)nc12. The second-order valence-electron chi connectivity index (χ2n) is 6.93. The number of hydrogen-bond acceptors (Lipinski definition) is 5. The van der Waals surface area contributed by atoms with E-state index in [2.05, 4.69) is 34.6 Å². The highest BCUT2D eigenvalue weighted by atomic mass is 32.1. The molecule has 0 amide bonds. The van der Waals surface area contributed by atoms with Gasteiger partial charge in [0.1, 0.15) is 16.7 Å². The molecule has 1 fully saturated rings. The summed E-state index contributed by atoms with van der Waals surface area (Å²) >= 11 is 1.55. The van der Waals surface area contributed by atoms with E-state index in [9.17, 15) is 4.39 Å². The molecule has 1 aliphatic heterocycles. The topological polar surface area (TPSA) is 60.6 Å². The first-order valence-electron chi connectivity index (χ1n) is 8.73. The molecule has 4 heterocycles. The van der Waals surface area contributed by atoms with Gasteiger partial charge < -0.3 is 5.32 Å². The highest BCUT2D eigenvalue weighted by Gasteiger charge is 2.27. The van der Waals surface area contributed by atoms with Crippen LogP contribution in [0.3, 0.4) is 0 Å². The highest BCUT2D eigenvalue weighted by molar-refractivity contribution is 7.21. The number of rotatable bonds is 2. The monoisotopic (exact) mass is 370 g/mol. The molecule has 0 radical (unpaired) electrons. The number of halogens is 1. The Bertz CT molecular complexity index is 1080. The lowest BCUT2D eigenvalue weighted by Crippen LogP contribution is -2.39. The molecule has 0 unspecified atom stereocenters. The molecular weight excluding hydrogens is 351 g/mol. The van der Waals surface area contributed by atoms with Crippen molar-refractivity contribution in [3.63, 3.8) is 0 Å². The third kappa shape index (κ3) is 2.52. The van der Waals surface area contributed by atoms with Crippen LogP contribution in [0.25, 0.3) is 31.8 Å². The van der Waals surface area contributed by atoms with E-state index >= 15 is 0 Å². The molecule has 0 aliphatic carbocycles.